The maximum atomic E-state index is 4.87. The molecule has 0 spiro atoms. The van der Waals surface area contributed by atoms with Gasteiger partial charge in [0.25, 0.3) is 0 Å². The van der Waals surface area contributed by atoms with Gasteiger partial charge in [0.1, 0.15) is 0 Å². The summed E-state index contributed by atoms with van der Waals surface area (Å²) < 4.78 is 0. The van der Waals surface area contributed by atoms with Crippen LogP contribution in [0.2, 0.25) is 0 Å². The Bertz CT molecular complexity index is 674. The molecule has 1 aromatic heterocycles. The topological polar surface area (TPSA) is 24.9 Å². The zero-order valence-electron chi connectivity index (χ0n) is 15.7. The molecule has 2 heteroatoms. The van der Waals surface area contributed by atoms with Gasteiger partial charge in [0.05, 0.1) is 5.69 Å². The molecule has 0 atom stereocenters. The summed E-state index contributed by atoms with van der Waals surface area (Å²) in [6.07, 6.45) is 2.27. The summed E-state index contributed by atoms with van der Waals surface area (Å²) in [6.45, 7) is 15.3. The first-order valence-corrected chi connectivity index (χ1v) is 8.70. The summed E-state index contributed by atoms with van der Waals surface area (Å²) in [5, 5.41) is 3.71. The van der Waals surface area contributed by atoms with Gasteiger partial charge in [-0.1, -0.05) is 31.5 Å². The smallest absolute Gasteiger partial charge is 0.0760 e. The number of nitrogens with zero attached hydrogens (tertiary/aromatic N) is 1. The Morgan fingerprint density at radius 3 is 2.00 bits per heavy atom. The molecule has 0 fully saturated rings. The monoisotopic (exact) mass is 310 g/mol. The zero-order valence-corrected chi connectivity index (χ0v) is 15.7. The largest absolute Gasteiger partial charge is 0.382 e. The Kier molecular flexibility index (Phi) is 5.46. The Morgan fingerprint density at radius 1 is 0.913 bits per heavy atom. The summed E-state index contributed by atoms with van der Waals surface area (Å²) in [5.74, 6) is 0. The highest BCUT2D eigenvalue weighted by atomic mass is 14.9. The van der Waals surface area contributed by atoms with Gasteiger partial charge in [-0.3, -0.25) is 4.98 Å². The van der Waals surface area contributed by atoms with Gasteiger partial charge in [-0.05, 0) is 70.2 Å². The fourth-order valence-corrected chi connectivity index (χ4v) is 3.40. The summed E-state index contributed by atoms with van der Waals surface area (Å²) in [7, 11) is 0. The standard InChI is InChI=1S/C21H30N2/c1-8-18(9-2)23-19-12-16(6)22-21(17(19)7)20-14(4)10-13(3)11-15(20)5/h10-12,18H,8-9H2,1-7H3,(H,22,23). The zero-order chi connectivity index (χ0) is 17.1. The summed E-state index contributed by atoms with van der Waals surface area (Å²) in [4.78, 5) is 4.87. The number of hydrogen-bond donors (Lipinski definition) is 1. The molecule has 0 saturated carbocycles. The molecule has 1 N–H and O–H groups in total. The van der Waals surface area contributed by atoms with Crippen LogP contribution < -0.4 is 5.32 Å². The van der Waals surface area contributed by atoms with E-state index in [1.807, 2.05) is 0 Å². The van der Waals surface area contributed by atoms with Crippen LogP contribution in [0.25, 0.3) is 11.3 Å². The Labute approximate surface area is 141 Å². The third-order valence-corrected chi connectivity index (χ3v) is 4.66. The van der Waals surface area contributed by atoms with Gasteiger partial charge in [0, 0.05) is 23.0 Å². The third kappa shape index (κ3) is 3.74. The second-order valence-corrected chi connectivity index (χ2v) is 6.72. The molecular formula is C21H30N2. The average Bonchev–Trinajstić information content (AvgIpc) is 2.47. The summed E-state index contributed by atoms with van der Waals surface area (Å²) >= 11 is 0. The van der Waals surface area contributed by atoms with Crippen LogP contribution in [0.3, 0.4) is 0 Å². The van der Waals surface area contributed by atoms with Crippen LogP contribution >= 0.6 is 0 Å². The predicted molar refractivity (Wildman–Crippen MR) is 101 cm³/mol. The number of pyridine rings is 1. The quantitative estimate of drug-likeness (QED) is 0.744. The fraction of sp³-hybridized carbons (Fsp3) is 0.476. The van der Waals surface area contributed by atoms with Crippen molar-refractivity contribution in [1.82, 2.24) is 4.98 Å². The van der Waals surface area contributed by atoms with Gasteiger partial charge in [-0.25, -0.2) is 0 Å². The molecule has 2 aromatic rings. The van der Waals surface area contributed by atoms with E-state index in [1.165, 1.54) is 33.5 Å². The molecule has 1 aromatic carbocycles. The van der Waals surface area contributed by atoms with E-state index < -0.39 is 0 Å². The number of aromatic nitrogens is 1. The number of anilines is 1. The molecule has 2 rings (SSSR count). The van der Waals surface area contributed by atoms with Crippen molar-refractivity contribution in [2.75, 3.05) is 5.32 Å². The number of hydrogen-bond acceptors (Lipinski definition) is 2. The van der Waals surface area contributed by atoms with Gasteiger partial charge in [-0.2, -0.15) is 0 Å². The third-order valence-electron chi connectivity index (χ3n) is 4.66. The SMILES string of the molecule is CCC(CC)Nc1cc(C)nc(-c2c(C)cc(C)cc2C)c1C. The highest BCUT2D eigenvalue weighted by molar-refractivity contribution is 5.75. The summed E-state index contributed by atoms with van der Waals surface area (Å²) in [6, 6.07) is 7.19. The van der Waals surface area contributed by atoms with Crippen molar-refractivity contribution in [3.63, 3.8) is 0 Å². The molecule has 0 amide bonds. The van der Waals surface area contributed by atoms with Gasteiger partial charge in [0.2, 0.25) is 0 Å². The van der Waals surface area contributed by atoms with E-state index in [1.54, 1.807) is 0 Å². The van der Waals surface area contributed by atoms with Gasteiger partial charge >= 0.3 is 0 Å². The lowest BCUT2D eigenvalue weighted by molar-refractivity contribution is 0.671. The molecule has 0 radical (unpaired) electrons. The predicted octanol–water partition coefficient (Wildman–Crippen LogP) is 5.89. The van der Waals surface area contributed by atoms with Gasteiger partial charge < -0.3 is 5.32 Å². The molecule has 0 saturated heterocycles. The minimum Gasteiger partial charge on any atom is -0.382 e. The van der Waals surface area contributed by atoms with Crippen molar-refractivity contribution in [2.24, 2.45) is 0 Å². The Hall–Kier alpha value is -1.83. The second-order valence-electron chi connectivity index (χ2n) is 6.72. The van der Waals surface area contributed by atoms with E-state index in [2.05, 4.69) is 72.0 Å². The van der Waals surface area contributed by atoms with Crippen LogP contribution in [-0.4, -0.2) is 11.0 Å². The van der Waals surface area contributed by atoms with Crippen LogP contribution in [0.1, 0.15) is 54.6 Å². The van der Waals surface area contributed by atoms with Crippen LogP contribution in [0, 0.1) is 34.6 Å². The van der Waals surface area contributed by atoms with Crippen LogP contribution in [0.5, 0.6) is 0 Å². The first-order valence-electron chi connectivity index (χ1n) is 8.70. The van der Waals surface area contributed by atoms with Crippen molar-refractivity contribution in [1.29, 1.82) is 0 Å². The normalized spacial score (nSPS) is 11.1. The van der Waals surface area contributed by atoms with E-state index in [4.69, 9.17) is 4.98 Å². The molecule has 0 bridgehead atoms. The molecule has 0 aliphatic heterocycles. The first-order chi connectivity index (χ1) is 10.9. The average molecular weight is 310 g/mol. The molecule has 2 nitrogen and oxygen atoms in total. The van der Waals surface area contributed by atoms with Crippen molar-refractivity contribution < 1.29 is 0 Å². The molecule has 1 heterocycles. The van der Waals surface area contributed by atoms with Crippen molar-refractivity contribution in [3.8, 4) is 11.3 Å². The van der Waals surface area contributed by atoms with E-state index >= 15 is 0 Å². The van der Waals surface area contributed by atoms with E-state index in [-0.39, 0.29) is 0 Å². The molecule has 0 aliphatic carbocycles. The van der Waals surface area contributed by atoms with E-state index in [0.717, 1.165) is 24.2 Å². The molecule has 0 unspecified atom stereocenters. The Balaban J connectivity index is 2.59. The number of rotatable bonds is 5. The van der Waals surface area contributed by atoms with Crippen LogP contribution in [0.15, 0.2) is 18.2 Å². The molecule has 0 aliphatic rings. The lowest BCUT2D eigenvalue weighted by atomic mass is 9.94. The first kappa shape index (κ1) is 17.5. The second kappa shape index (κ2) is 7.16. The minimum atomic E-state index is 0.517. The highest BCUT2D eigenvalue weighted by Gasteiger charge is 2.15. The van der Waals surface area contributed by atoms with E-state index in [0.29, 0.717) is 6.04 Å². The highest BCUT2D eigenvalue weighted by Crippen LogP contribution is 2.33. The molecular weight excluding hydrogens is 280 g/mol. The molecule has 124 valence electrons. The Morgan fingerprint density at radius 2 is 1.48 bits per heavy atom. The maximum Gasteiger partial charge on any atom is 0.0760 e. The van der Waals surface area contributed by atoms with Crippen molar-refractivity contribution >= 4 is 5.69 Å². The maximum absolute atomic E-state index is 4.87. The lowest BCUT2D eigenvalue weighted by Gasteiger charge is -2.21. The van der Waals surface area contributed by atoms with Gasteiger partial charge in [0.15, 0.2) is 0 Å². The van der Waals surface area contributed by atoms with Crippen LogP contribution in [-0.2, 0) is 0 Å². The minimum absolute atomic E-state index is 0.517. The molecule has 23 heavy (non-hydrogen) atoms. The van der Waals surface area contributed by atoms with E-state index in [9.17, 15) is 0 Å². The lowest BCUT2D eigenvalue weighted by Crippen LogP contribution is -2.18. The fourth-order valence-electron chi connectivity index (χ4n) is 3.40. The summed E-state index contributed by atoms with van der Waals surface area (Å²) in [5.41, 5.74) is 9.85. The van der Waals surface area contributed by atoms with Crippen molar-refractivity contribution in [3.05, 3.63) is 46.1 Å². The number of benzene rings is 1. The number of aryl methyl sites for hydroxylation is 4. The van der Waals surface area contributed by atoms with Crippen molar-refractivity contribution in [2.45, 2.75) is 67.3 Å². The number of nitrogens with one attached hydrogen (secondary N) is 1. The van der Waals surface area contributed by atoms with Crippen LogP contribution in [0.4, 0.5) is 5.69 Å². The van der Waals surface area contributed by atoms with Gasteiger partial charge in [-0.15, -0.1) is 0 Å².